The molecule has 0 aliphatic carbocycles. The quantitative estimate of drug-likeness (QED) is 0.192. The van der Waals surface area contributed by atoms with Gasteiger partial charge in [-0.15, -0.1) is 0 Å². The van der Waals surface area contributed by atoms with Crippen molar-refractivity contribution in [2.24, 2.45) is 5.92 Å². The third-order valence-electron chi connectivity index (χ3n) is 8.61. The minimum Gasteiger partial charge on any atom is -0.348 e. The zero-order chi connectivity index (χ0) is 31.5. The summed E-state index contributed by atoms with van der Waals surface area (Å²) in [4.78, 5) is 31.2. The number of rotatable bonds is 14. The number of likely N-dealkylation sites (tertiary alicyclic amines) is 1. The van der Waals surface area contributed by atoms with Gasteiger partial charge >= 0.3 is 0 Å². The molecule has 1 aliphatic rings. The number of aryl methyl sites for hydroxylation is 1. The maximum absolute atomic E-state index is 14.0. The molecule has 0 saturated carbocycles. The van der Waals surface area contributed by atoms with E-state index in [0.717, 1.165) is 50.9 Å². The van der Waals surface area contributed by atoms with Crippen LogP contribution in [0.5, 0.6) is 0 Å². The lowest BCUT2D eigenvalue weighted by Gasteiger charge is -2.39. The number of piperidine rings is 1. The first-order valence-corrected chi connectivity index (χ1v) is 16.2. The van der Waals surface area contributed by atoms with Crippen LogP contribution in [0.4, 0.5) is 8.78 Å². The van der Waals surface area contributed by atoms with Crippen LogP contribution in [-0.2, 0) is 19.5 Å². The van der Waals surface area contributed by atoms with Crippen molar-refractivity contribution in [1.29, 1.82) is 0 Å². The highest BCUT2D eigenvalue weighted by atomic mass is 19.1. The molecule has 3 aromatic rings. The van der Waals surface area contributed by atoms with Crippen molar-refractivity contribution in [3.05, 3.63) is 106 Å². The Labute approximate surface area is 261 Å². The second-order valence-electron chi connectivity index (χ2n) is 12.4. The molecule has 0 aromatic heterocycles. The van der Waals surface area contributed by atoms with Crippen LogP contribution in [0.1, 0.15) is 96.7 Å². The number of hydrogen-bond donors (Lipinski definition) is 1. The summed E-state index contributed by atoms with van der Waals surface area (Å²) >= 11 is 0. The summed E-state index contributed by atoms with van der Waals surface area (Å²) in [5, 5.41) is 2.60. The van der Waals surface area contributed by atoms with Gasteiger partial charge in [-0.3, -0.25) is 9.59 Å². The number of hydrogen-bond acceptors (Lipinski definition) is 3. The third kappa shape index (κ3) is 9.46. The summed E-state index contributed by atoms with van der Waals surface area (Å²) in [6.45, 7) is 9.93. The van der Waals surface area contributed by atoms with E-state index in [4.69, 9.17) is 0 Å². The molecule has 0 spiro atoms. The van der Waals surface area contributed by atoms with E-state index in [1.165, 1.54) is 43.0 Å². The van der Waals surface area contributed by atoms with Gasteiger partial charge in [0.05, 0.1) is 0 Å². The van der Waals surface area contributed by atoms with Crippen LogP contribution in [0, 0.1) is 17.6 Å². The van der Waals surface area contributed by atoms with E-state index in [1.54, 1.807) is 12.1 Å². The fourth-order valence-corrected chi connectivity index (χ4v) is 5.75. The molecule has 3 aromatic carbocycles. The first kappa shape index (κ1) is 33.3. The van der Waals surface area contributed by atoms with E-state index in [2.05, 4.69) is 43.1 Å². The van der Waals surface area contributed by atoms with Gasteiger partial charge in [0.15, 0.2) is 0 Å². The number of nitrogens with one attached hydrogen (secondary N) is 1. The average molecular weight is 604 g/mol. The molecule has 0 unspecified atom stereocenters. The van der Waals surface area contributed by atoms with Gasteiger partial charge in [0.1, 0.15) is 11.6 Å². The number of unbranched alkanes of at least 4 members (excludes halogenated alkanes) is 2. The molecular weight excluding hydrogens is 556 g/mol. The van der Waals surface area contributed by atoms with Crippen LogP contribution in [0.3, 0.4) is 0 Å². The van der Waals surface area contributed by atoms with Crippen LogP contribution in [0.2, 0.25) is 0 Å². The van der Waals surface area contributed by atoms with E-state index in [9.17, 15) is 18.4 Å². The molecule has 1 aliphatic heterocycles. The topological polar surface area (TPSA) is 52.7 Å². The molecule has 1 heterocycles. The van der Waals surface area contributed by atoms with Gasteiger partial charge in [-0.1, -0.05) is 63.9 Å². The van der Waals surface area contributed by atoms with Crippen molar-refractivity contribution >= 4 is 11.8 Å². The Morgan fingerprint density at radius 2 is 1.50 bits per heavy atom. The van der Waals surface area contributed by atoms with Gasteiger partial charge in [-0.05, 0) is 92.1 Å². The second-order valence-corrected chi connectivity index (χ2v) is 12.4. The maximum Gasteiger partial charge on any atom is 0.254 e. The number of benzene rings is 3. The summed E-state index contributed by atoms with van der Waals surface area (Å²) in [7, 11) is 0. The summed E-state index contributed by atoms with van der Waals surface area (Å²) in [6.07, 6.45) is 7.58. The van der Waals surface area contributed by atoms with E-state index in [-0.39, 0.29) is 24.1 Å². The van der Waals surface area contributed by atoms with Crippen molar-refractivity contribution < 1.29 is 18.4 Å². The molecule has 1 fully saturated rings. The molecule has 0 radical (unpaired) electrons. The largest absolute Gasteiger partial charge is 0.348 e. The lowest BCUT2D eigenvalue weighted by atomic mass is 9.99. The highest BCUT2D eigenvalue weighted by molar-refractivity contribution is 5.95. The standard InChI is InChI=1S/C37H47F2N3O2/c1-4-5-6-8-28-11-17-31(18-12-28)37(44)42(32-20-23-41(24-21-32)22-19-27(2)3)26-29-13-15-30(16-14-29)36(43)40-25-33-34(38)9-7-10-35(33)39/h7,9-18,27,32H,4-6,8,19-26H2,1-3H3,(H,40,43). The first-order valence-electron chi connectivity index (χ1n) is 16.2. The highest BCUT2D eigenvalue weighted by Crippen LogP contribution is 2.23. The molecule has 0 atom stereocenters. The number of halogens is 2. The molecule has 236 valence electrons. The summed E-state index contributed by atoms with van der Waals surface area (Å²) in [5.41, 5.74) is 3.10. The summed E-state index contributed by atoms with van der Waals surface area (Å²) in [5.74, 6) is -1.11. The zero-order valence-electron chi connectivity index (χ0n) is 26.5. The molecule has 4 rings (SSSR count). The lowest BCUT2D eigenvalue weighted by molar-refractivity contribution is 0.0546. The van der Waals surface area contributed by atoms with E-state index >= 15 is 0 Å². The molecule has 5 nitrogen and oxygen atoms in total. The predicted octanol–water partition coefficient (Wildman–Crippen LogP) is 7.78. The van der Waals surface area contributed by atoms with Crippen molar-refractivity contribution in [2.75, 3.05) is 19.6 Å². The Kier molecular flexibility index (Phi) is 12.5. The van der Waals surface area contributed by atoms with Gasteiger partial charge in [-0.25, -0.2) is 8.78 Å². The minimum absolute atomic E-state index is 0.0273. The number of carbonyl (C=O) groups is 2. The van der Waals surface area contributed by atoms with Crippen LogP contribution < -0.4 is 5.32 Å². The van der Waals surface area contributed by atoms with Crippen molar-refractivity contribution in [2.45, 2.75) is 84.8 Å². The minimum atomic E-state index is -0.692. The van der Waals surface area contributed by atoms with E-state index in [1.807, 2.05) is 29.2 Å². The lowest BCUT2D eigenvalue weighted by Crippen LogP contribution is -2.47. The molecule has 2 amide bonds. The maximum atomic E-state index is 14.0. The van der Waals surface area contributed by atoms with E-state index in [0.29, 0.717) is 23.6 Å². The molecule has 44 heavy (non-hydrogen) atoms. The Hall–Kier alpha value is -3.58. The fraction of sp³-hybridized carbons (Fsp3) is 0.459. The molecule has 7 heteroatoms. The molecule has 1 saturated heterocycles. The smallest absolute Gasteiger partial charge is 0.254 e. The first-order chi connectivity index (χ1) is 21.2. The van der Waals surface area contributed by atoms with Crippen molar-refractivity contribution in [1.82, 2.24) is 15.1 Å². The molecule has 0 bridgehead atoms. The third-order valence-corrected chi connectivity index (χ3v) is 8.61. The van der Waals surface area contributed by atoms with E-state index < -0.39 is 17.5 Å². The van der Waals surface area contributed by atoms with Crippen LogP contribution in [-0.4, -0.2) is 47.3 Å². The normalized spacial score (nSPS) is 14.1. The van der Waals surface area contributed by atoms with Gasteiger partial charge in [-0.2, -0.15) is 0 Å². The zero-order valence-corrected chi connectivity index (χ0v) is 26.5. The monoisotopic (exact) mass is 603 g/mol. The molecule has 1 N–H and O–H groups in total. The van der Waals surface area contributed by atoms with Gasteiger partial charge in [0, 0.05) is 48.9 Å². The second kappa shape index (κ2) is 16.5. The number of carbonyl (C=O) groups excluding carboxylic acids is 2. The van der Waals surface area contributed by atoms with Crippen molar-refractivity contribution in [3.8, 4) is 0 Å². The summed E-state index contributed by atoms with van der Waals surface area (Å²) in [6, 6.07) is 18.9. The van der Waals surface area contributed by atoms with Crippen LogP contribution in [0.15, 0.2) is 66.7 Å². The Bertz CT molecular complexity index is 1330. The number of nitrogens with zero attached hydrogens (tertiary/aromatic N) is 2. The average Bonchev–Trinajstić information content (AvgIpc) is 3.03. The van der Waals surface area contributed by atoms with Crippen LogP contribution in [0.25, 0.3) is 0 Å². The van der Waals surface area contributed by atoms with Gasteiger partial charge < -0.3 is 15.1 Å². The fourth-order valence-electron chi connectivity index (χ4n) is 5.75. The predicted molar refractivity (Wildman–Crippen MR) is 172 cm³/mol. The van der Waals surface area contributed by atoms with Gasteiger partial charge in [0.25, 0.3) is 11.8 Å². The van der Waals surface area contributed by atoms with Crippen molar-refractivity contribution in [3.63, 3.8) is 0 Å². The highest BCUT2D eigenvalue weighted by Gasteiger charge is 2.29. The number of amides is 2. The summed E-state index contributed by atoms with van der Waals surface area (Å²) < 4.78 is 27.9. The Morgan fingerprint density at radius 1 is 0.886 bits per heavy atom. The van der Waals surface area contributed by atoms with Crippen LogP contribution >= 0.6 is 0 Å². The SMILES string of the molecule is CCCCCc1ccc(C(=O)N(Cc2ccc(C(=O)NCc3c(F)cccc3F)cc2)C2CCN(CCC(C)C)CC2)cc1. The Morgan fingerprint density at radius 3 is 2.11 bits per heavy atom. The Balaban J connectivity index is 1.44. The van der Waals surface area contributed by atoms with Gasteiger partial charge in [0.2, 0.25) is 0 Å². The molecular formula is C37H47F2N3O2.